The van der Waals surface area contributed by atoms with Crippen molar-refractivity contribution in [2.24, 2.45) is 7.05 Å². The number of aryl methyl sites for hydroxylation is 1. The molecule has 12 heavy (non-hydrogen) atoms. The highest BCUT2D eigenvalue weighted by molar-refractivity contribution is 5.57. The first-order chi connectivity index (χ1) is 5.88. The van der Waals surface area contributed by atoms with Crippen LogP contribution in [0.15, 0.2) is 30.5 Å². The highest BCUT2D eigenvalue weighted by Gasteiger charge is 2.00. The highest BCUT2D eigenvalue weighted by Crippen LogP contribution is 2.14. The second-order valence-corrected chi connectivity index (χ2v) is 2.53. The van der Waals surface area contributed by atoms with E-state index >= 15 is 0 Å². The fraction of sp³-hybridized carbons (Fsp3) is 0.111. The number of hydrogen-bond acceptors (Lipinski definition) is 2. The van der Waals surface area contributed by atoms with Crippen molar-refractivity contribution >= 4 is 0 Å². The van der Waals surface area contributed by atoms with E-state index < -0.39 is 0 Å². The summed E-state index contributed by atoms with van der Waals surface area (Å²) in [5.41, 5.74) is 2.09. The summed E-state index contributed by atoms with van der Waals surface area (Å²) in [6.07, 6.45) is 1.74. The molecular weight excluding hydrogens is 150 g/mol. The van der Waals surface area contributed by atoms with Gasteiger partial charge in [-0.2, -0.15) is 0 Å². The van der Waals surface area contributed by atoms with Gasteiger partial charge in [0.25, 0.3) is 0 Å². The van der Waals surface area contributed by atoms with E-state index in [-0.39, 0.29) is 0 Å². The predicted octanol–water partition coefficient (Wildman–Crippen LogP) is 1.28. The zero-order valence-electron chi connectivity index (χ0n) is 6.73. The summed E-state index contributed by atoms with van der Waals surface area (Å²) < 4.78 is 1.74. The van der Waals surface area contributed by atoms with Gasteiger partial charge >= 0.3 is 0 Å². The lowest BCUT2D eigenvalue weighted by Crippen LogP contribution is -1.93. The zero-order valence-corrected chi connectivity index (χ0v) is 6.73. The molecule has 0 spiro atoms. The van der Waals surface area contributed by atoms with Crippen LogP contribution in [0.3, 0.4) is 0 Å². The Morgan fingerprint density at radius 2 is 2.42 bits per heavy atom. The summed E-state index contributed by atoms with van der Waals surface area (Å²) in [5, 5.41) is 7.64. The number of rotatable bonds is 1. The van der Waals surface area contributed by atoms with E-state index in [2.05, 4.69) is 16.4 Å². The number of hydrogen-bond donors (Lipinski definition) is 0. The van der Waals surface area contributed by atoms with Crippen LogP contribution in [0.2, 0.25) is 0 Å². The Morgan fingerprint density at radius 3 is 3.00 bits per heavy atom. The highest BCUT2D eigenvalue weighted by atomic mass is 15.4. The molecule has 0 saturated heterocycles. The Bertz CT molecular complexity index is 364. The number of aromatic nitrogens is 3. The minimum atomic E-state index is 1.01. The summed E-state index contributed by atoms with van der Waals surface area (Å²) >= 11 is 0. The quantitative estimate of drug-likeness (QED) is 0.626. The third-order valence-corrected chi connectivity index (χ3v) is 1.72. The minimum Gasteiger partial charge on any atom is -0.248 e. The maximum absolute atomic E-state index is 3.85. The van der Waals surface area contributed by atoms with Crippen LogP contribution < -0.4 is 0 Å². The van der Waals surface area contributed by atoms with E-state index in [1.54, 1.807) is 10.9 Å². The Hall–Kier alpha value is -1.64. The molecule has 0 amide bonds. The molecule has 0 fully saturated rings. The van der Waals surface area contributed by atoms with Crippen LogP contribution in [-0.4, -0.2) is 15.0 Å². The second-order valence-electron chi connectivity index (χ2n) is 2.53. The molecule has 0 bridgehead atoms. The summed E-state index contributed by atoms with van der Waals surface area (Å²) in [7, 11) is 1.87. The largest absolute Gasteiger partial charge is 0.248 e. The van der Waals surface area contributed by atoms with Gasteiger partial charge in [-0.1, -0.05) is 23.4 Å². The second kappa shape index (κ2) is 2.77. The predicted molar refractivity (Wildman–Crippen MR) is 45.3 cm³/mol. The van der Waals surface area contributed by atoms with Gasteiger partial charge in [0.05, 0.1) is 11.9 Å². The first-order valence-corrected chi connectivity index (χ1v) is 3.69. The normalized spacial score (nSPS) is 10.1. The van der Waals surface area contributed by atoms with Gasteiger partial charge in [0, 0.05) is 12.6 Å². The molecular formula is C9H8N3. The lowest BCUT2D eigenvalue weighted by molar-refractivity contribution is 0.720. The molecule has 0 saturated carbocycles. The molecule has 0 atom stereocenters. The van der Waals surface area contributed by atoms with Crippen LogP contribution in [0, 0.1) is 6.07 Å². The topological polar surface area (TPSA) is 30.7 Å². The average Bonchev–Trinajstić information content (AvgIpc) is 2.53. The first kappa shape index (κ1) is 7.03. The number of benzene rings is 1. The Labute approximate surface area is 70.6 Å². The molecule has 1 aromatic heterocycles. The molecule has 2 rings (SSSR count). The minimum absolute atomic E-state index is 1.01. The lowest BCUT2D eigenvalue weighted by atomic mass is 10.2. The first-order valence-electron chi connectivity index (χ1n) is 3.69. The van der Waals surface area contributed by atoms with Gasteiger partial charge in [0.1, 0.15) is 0 Å². The third-order valence-electron chi connectivity index (χ3n) is 1.72. The molecule has 59 valence electrons. The van der Waals surface area contributed by atoms with Gasteiger partial charge in [-0.15, -0.1) is 5.10 Å². The van der Waals surface area contributed by atoms with E-state index in [0.29, 0.717) is 0 Å². The van der Waals surface area contributed by atoms with Crippen molar-refractivity contribution in [3.63, 3.8) is 0 Å². The zero-order chi connectivity index (χ0) is 8.39. The maximum Gasteiger partial charge on any atom is 0.0882 e. The van der Waals surface area contributed by atoms with Gasteiger partial charge < -0.3 is 0 Å². The molecule has 2 aromatic rings. The fourth-order valence-corrected chi connectivity index (χ4v) is 1.10. The van der Waals surface area contributed by atoms with E-state index in [1.165, 1.54) is 0 Å². The summed E-state index contributed by atoms with van der Waals surface area (Å²) in [6, 6.07) is 10.7. The molecule has 1 radical (unpaired) electrons. The van der Waals surface area contributed by atoms with Crippen LogP contribution in [0.1, 0.15) is 0 Å². The molecule has 0 aliphatic rings. The van der Waals surface area contributed by atoms with E-state index in [1.807, 2.05) is 31.3 Å². The van der Waals surface area contributed by atoms with Gasteiger partial charge in [-0.05, 0) is 12.1 Å². The third kappa shape index (κ3) is 1.09. The van der Waals surface area contributed by atoms with Crippen LogP contribution in [-0.2, 0) is 7.05 Å². The Morgan fingerprint density at radius 1 is 1.50 bits per heavy atom. The Balaban J connectivity index is 2.51. The van der Waals surface area contributed by atoms with Crippen LogP contribution >= 0.6 is 0 Å². The van der Waals surface area contributed by atoms with Crippen LogP contribution in [0.4, 0.5) is 0 Å². The van der Waals surface area contributed by atoms with Crippen molar-refractivity contribution in [2.45, 2.75) is 0 Å². The fourth-order valence-electron chi connectivity index (χ4n) is 1.10. The van der Waals surface area contributed by atoms with E-state index in [4.69, 9.17) is 0 Å². The van der Waals surface area contributed by atoms with Crippen molar-refractivity contribution in [2.75, 3.05) is 0 Å². The molecule has 0 aliphatic heterocycles. The summed E-state index contributed by atoms with van der Waals surface area (Å²) in [5.74, 6) is 0. The molecule has 1 aromatic carbocycles. The maximum atomic E-state index is 3.85. The van der Waals surface area contributed by atoms with E-state index in [0.717, 1.165) is 11.3 Å². The van der Waals surface area contributed by atoms with Crippen LogP contribution in [0.25, 0.3) is 11.3 Å². The van der Waals surface area contributed by atoms with Gasteiger partial charge in [-0.25, -0.2) is 4.68 Å². The number of nitrogens with zero attached hydrogens (tertiary/aromatic N) is 3. The SMILES string of the molecule is Cn1nncc1-c1c[c]ccc1. The smallest absolute Gasteiger partial charge is 0.0882 e. The molecule has 0 unspecified atom stereocenters. The van der Waals surface area contributed by atoms with E-state index in [9.17, 15) is 0 Å². The molecule has 0 aliphatic carbocycles. The molecule has 0 N–H and O–H groups in total. The Kier molecular flexibility index (Phi) is 1.63. The van der Waals surface area contributed by atoms with Crippen molar-refractivity contribution in [1.82, 2.24) is 15.0 Å². The lowest BCUT2D eigenvalue weighted by Gasteiger charge is -1.97. The van der Waals surface area contributed by atoms with Crippen molar-refractivity contribution in [3.8, 4) is 11.3 Å². The average molecular weight is 158 g/mol. The van der Waals surface area contributed by atoms with Crippen molar-refractivity contribution < 1.29 is 0 Å². The van der Waals surface area contributed by atoms with Gasteiger partial charge in [0.2, 0.25) is 0 Å². The standard InChI is InChI=1S/C9H8N3/c1-12-9(7-10-11-12)8-5-3-2-4-6-8/h2-3,5-7H,1H3. The van der Waals surface area contributed by atoms with Crippen molar-refractivity contribution in [3.05, 3.63) is 36.5 Å². The summed E-state index contributed by atoms with van der Waals surface area (Å²) in [6.45, 7) is 0. The van der Waals surface area contributed by atoms with Crippen molar-refractivity contribution in [1.29, 1.82) is 0 Å². The monoisotopic (exact) mass is 158 g/mol. The molecule has 1 heterocycles. The van der Waals surface area contributed by atoms with Crippen LogP contribution in [0.5, 0.6) is 0 Å². The van der Waals surface area contributed by atoms with Gasteiger partial charge in [0.15, 0.2) is 0 Å². The molecule has 3 nitrogen and oxygen atoms in total. The molecule has 3 heteroatoms. The summed E-state index contributed by atoms with van der Waals surface area (Å²) in [4.78, 5) is 0. The van der Waals surface area contributed by atoms with Gasteiger partial charge in [-0.3, -0.25) is 0 Å².